The molecule has 1 aromatic rings. The van der Waals surface area contributed by atoms with E-state index in [1.807, 2.05) is 13.0 Å². The Balaban J connectivity index is 2.97. The third-order valence-electron chi connectivity index (χ3n) is 2.30. The predicted molar refractivity (Wildman–Crippen MR) is 61.5 cm³/mol. The molecule has 3 nitrogen and oxygen atoms in total. The molecular weight excluding hydrogens is 204 g/mol. The molecule has 16 heavy (non-hydrogen) atoms. The topological polar surface area (TPSA) is 43.4 Å². The lowest BCUT2D eigenvalue weighted by Gasteiger charge is -2.07. The summed E-state index contributed by atoms with van der Waals surface area (Å²) in [6.45, 7) is 5.58. The maximum atomic E-state index is 11.5. The summed E-state index contributed by atoms with van der Waals surface area (Å²) in [5.74, 6) is -0.253. The van der Waals surface area contributed by atoms with Crippen molar-refractivity contribution in [2.75, 3.05) is 6.61 Å². The number of rotatable bonds is 4. The van der Waals surface area contributed by atoms with E-state index in [1.165, 1.54) is 6.92 Å². The molecule has 0 aliphatic carbocycles. The van der Waals surface area contributed by atoms with E-state index in [4.69, 9.17) is 4.74 Å². The molecule has 0 fully saturated rings. The molecular formula is C13H16O3. The molecule has 0 aromatic heterocycles. The van der Waals surface area contributed by atoms with Gasteiger partial charge in [0.15, 0.2) is 0 Å². The first-order valence-electron chi connectivity index (χ1n) is 5.30. The van der Waals surface area contributed by atoms with Gasteiger partial charge in [0.2, 0.25) is 0 Å². The van der Waals surface area contributed by atoms with Crippen molar-refractivity contribution in [2.45, 2.75) is 27.2 Å². The van der Waals surface area contributed by atoms with Crippen molar-refractivity contribution < 1.29 is 14.3 Å². The number of aryl methyl sites for hydroxylation is 1. The van der Waals surface area contributed by atoms with Crippen LogP contribution >= 0.6 is 0 Å². The molecule has 0 aliphatic heterocycles. The summed E-state index contributed by atoms with van der Waals surface area (Å²) >= 11 is 0. The second-order valence-electron chi connectivity index (χ2n) is 3.74. The first-order valence-corrected chi connectivity index (χ1v) is 5.30. The summed E-state index contributed by atoms with van der Waals surface area (Å²) < 4.78 is 4.90. The van der Waals surface area contributed by atoms with E-state index in [-0.39, 0.29) is 11.8 Å². The molecule has 86 valence electrons. The quantitative estimate of drug-likeness (QED) is 0.731. The van der Waals surface area contributed by atoms with Gasteiger partial charge >= 0.3 is 5.97 Å². The van der Waals surface area contributed by atoms with Crippen molar-refractivity contribution in [1.82, 2.24) is 0 Å². The normalized spacial score (nSPS) is 9.94. The van der Waals surface area contributed by atoms with Crippen LogP contribution in [0.25, 0.3) is 0 Å². The van der Waals surface area contributed by atoms with Gasteiger partial charge in [-0.05, 0) is 44.0 Å². The van der Waals surface area contributed by atoms with Gasteiger partial charge < -0.3 is 4.74 Å². The zero-order valence-electron chi connectivity index (χ0n) is 9.87. The summed E-state index contributed by atoms with van der Waals surface area (Å²) in [5, 5.41) is 0. The number of hydrogen-bond donors (Lipinski definition) is 0. The lowest BCUT2D eigenvalue weighted by molar-refractivity contribution is -0.116. The average molecular weight is 220 g/mol. The Morgan fingerprint density at radius 3 is 2.56 bits per heavy atom. The van der Waals surface area contributed by atoms with Crippen LogP contribution in [0.2, 0.25) is 0 Å². The number of Topliss-reactive ketones (excluding diaryl/α,β-unsaturated/α-hetero) is 1. The van der Waals surface area contributed by atoms with Crippen molar-refractivity contribution in [3.63, 3.8) is 0 Å². The molecule has 0 amide bonds. The zero-order valence-corrected chi connectivity index (χ0v) is 9.87. The predicted octanol–water partition coefficient (Wildman–Crippen LogP) is 2.30. The lowest BCUT2D eigenvalue weighted by atomic mass is 10.0. The van der Waals surface area contributed by atoms with Gasteiger partial charge in [0, 0.05) is 6.42 Å². The highest BCUT2D eigenvalue weighted by atomic mass is 16.5. The van der Waals surface area contributed by atoms with Crippen molar-refractivity contribution in [2.24, 2.45) is 0 Å². The Morgan fingerprint density at radius 1 is 1.31 bits per heavy atom. The highest BCUT2D eigenvalue weighted by Gasteiger charge is 2.09. The van der Waals surface area contributed by atoms with Crippen LogP contribution in [0, 0.1) is 6.92 Å². The smallest absolute Gasteiger partial charge is 0.338 e. The molecule has 0 N–H and O–H groups in total. The fraction of sp³-hybridized carbons (Fsp3) is 0.385. The second-order valence-corrected chi connectivity index (χ2v) is 3.74. The highest BCUT2D eigenvalue weighted by Crippen LogP contribution is 2.13. The molecule has 0 bridgehead atoms. The first-order chi connectivity index (χ1) is 7.54. The van der Waals surface area contributed by atoms with Crippen LogP contribution in [0.3, 0.4) is 0 Å². The largest absolute Gasteiger partial charge is 0.462 e. The highest BCUT2D eigenvalue weighted by molar-refractivity contribution is 5.90. The van der Waals surface area contributed by atoms with Crippen LogP contribution in [0.5, 0.6) is 0 Å². The summed E-state index contributed by atoms with van der Waals surface area (Å²) in [6, 6.07) is 5.29. The Kier molecular flexibility index (Phi) is 4.23. The Morgan fingerprint density at radius 2 is 2.00 bits per heavy atom. The fourth-order valence-electron chi connectivity index (χ4n) is 1.47. The summed E-state index contributed by atoms with van der Waals surface area (Å²) in [6.07, 6.45) is 0.360. The van der Waals surface area contributed by atoms with Crippen LogP contribution in [0.4, 0.5) is 0 Å². The maximum Gasteiger partial charge on any atom is 0.338 e. The molecule has 0 aliphatic rings. The van der Waals surface area contributed by atoms with E-state index in [1.54, 1.807) is 19.1 Å². The van der Waals surface area contributed by atoms with Gasteiger partial charge in [-0.2, -0.15) is 0 Å². The average Bonchev–Trinajstić information content (AvgIpc) is 2.21. The molecule has 0 unspecified atom stereocenters. The van der Waals surface area contributed by atoms with Crippen LogP contribution in [-0.4, -0.2) is 18.4 Å². The number of ether oxygens (including phenoxy) is 1. The standard InChI is InChI=1S/C13H16O3/c1-4-16-13(15)11-6-5-9(2)12(8-11)7-10(3)14/h5-6,8H,4,7H2,1-3H3. The van der Waals surface area contributed by atoms with E-state index < -0.39 is 0 Å². The van der Waals surface area contributed by atoms with Gasteiger partial charge in [0.1, 0.15) is 5.78 Å². The molecule has 1 aromatic carbocycles. The third-order valence-corrected chi connectivity index (χ3v) is 2.30. The Hall–Kier alpha value is -1.64. The molecule has 0 spiro atoms. The van der Waals surface area contributed by atoms with Gasteiger partial charge in [-0.15, -0.1) is 0 Å². The van der Waals surface area contributed by atoms with Crippen LogP contribution in [-0.2, 0) is 16.0 Å². The van der Waals surface area contributed by atoms with Gasteiger partial charge in [0.25, 0.3) is 0 Å². The fourth-order valence-corrected chi connectivity index (χ4v) is 1.47. The maximum absolute atomic E-state index is 11.5. The van der Waals surface area contributed by atoms with E-state index in [0.29, 0.717) is 18.6 Å². The minimum atomic E-state index is -0.340. The minimum Gasteiger partial charge on any atom is -0.462 e. The van der Waals surface area contributed by atoms with E-state index >= 15 is 0 Å². The van der Waals surface area contributed by atoms with E-state index in [2.05, 4.69) is 0 Å². The number of carbonyl (C=O) groups excluding carboxylic acids is 2. The number of hydrogen-bond acceptors (Lipinski definition) is 3. The molecule has 0 radical (unpaired) electrons. The van der Waals surface area contributed by atoms with Gasteiger partial charge in [0.05, 0.1) is 12.2 Å². The minimum absolute atomic E-state index is 0.0871. The van der Waals surface area contributed by atoms with E-state index in [9.17, 15) is 9.59 Å². The second kappa shape index (κ2) is 5.45. The van der Waals surface area contributed by atoms with Gasteiger partial charge in [-0.3, -0.25) is 4.79 Å². The molecule has 0 saturated heterocycles. The molecule has 0 heterocycles. The molecule has 1 rings (SSSR count). The first kappa shape index (κ1) is 12.4. The van der Waals surface area contributed by atoms with Gasteiger partial charge in [-0.1, -0.05) is 6.07 Å². The number of carbonyl (C=O) groups is 2. The zero-order chi connectivity index (χ0) is 12.1. The Labute approximate surface area is 95.4 Å². The summed E-state index contributed by atoms with van der Waals surface area (Å²) in [5.41, 5.74) is 2.41. The van der Waals surface area contributed by atoms with Crippen LogP contribution < -0.4 is 0 Å². The summed E-state index contributed by atoms with van der Waals surface area (Å²) in [7, 11) is 0. The van der Waals surface area contributed by atoms with Crippen molar-refractivity contribution in [1.29, 1.82) is 0 Å². The van der Waals surface area contributed by atoms with Crippen molar-refractivity contribution >= 4 is 11.8 Å². The number of ketones is 1. The number of benzene rings is 1. The monoisotopic (exact) mass is 220 g/mol. The SMILES string of the molecule is CCOC(=O)c1ccc(C)c(CC(C)=O)c1. The van der Waals surface area contributed by atoms with Gasteiger partial charge in [-0.25, -0.2) is 4.79 Å². The molecule has 0 saturated carbocycles. The van der Waals surface area contributed by atoms with Crippen molar-refractivity contribution in [3.05, 3.63) is 34.9 Å². The van der Waals surface area contributed by atoms with E-state index in [0.717, 1.165) is 11.1 Å². The Bertz CT molecular complexity index is 408. The molecule has 0 atom stereocenters. The van der Waals surface area contributed by atoms with Crippen molar-refractivity contribution in [3.8, 4) is 0 Å². The third kappa shape index (κ3) is 3.19. The number of esters is 1. The van der Waals surface area contributed by atoms with Crippen LogP contribution in [0.15, 0.2) is 18.2 Å². The molecule has 3 heteroatoms. The van der Waals surface area contributed by atoms with Crippen LogP contribution in [0.1, 0.15) is 35.3 Å². The summed E-state index contributed by atoms with van der Waals surface area (Å²) in [4.78, 5) is 22.5. The lowest BCUT2D eigenvalue weighted by Crippen LogP contribution is -2.07.